The molecule has 2 atom stereocenters. The molecule has 0 saturated carbocycles. The lowest BCUT2D eigenvalue weighted by molar-refractivity contribution is -0.183. The van der Waals surface area contributed by atoms with Crippen molar-refractivity contribution in [3.63, 3.8) is 0 Å². The Bertz CT molecular complexity index is 857. The molecule has 0 radical (unpaired) electrons. The lowest BCUT2D eigenvalue weighted by Crippen LogP contribution is -2.66. The quantitative estimate of drug-likeness (QED) is 0.124. The number of piperidine rings is 2. The SMILES string of the molecule is CC1(C)CC(C(CCCCCCCC(=O)O)(C(=O)OC(C=O)C(O)C=O)C2CC(C)(C)NC(C)(C)C2)CC(C)(C)N1. The Kier molecular flexibility index (Phi) is 11.8. The fourth-order valence-corrected chi connectivity index (χ4v) is 8.26. The first-order chi connectivity index (χ1) is 18.8. The maximum Gasteiger partial charge on any atom is 0.313 e. The molecule has 2 heterocycles. The second kappa shape index (κ2) is 13.6. The van der Waals surface area contributed by atoms with Gasteiger partial charge < -0.3 is 30.4 Å². The van der Waals surface area contributed by atoms with E-state index in [0.717, 1.165) is 51.4 Å². The Morgan fingerprint density at radius 2 is 1.20 bits per heavy atom. The van der Waals surface area contributed by atoms with E-state index in [2.05, 4.69) is 66.0 Å². The van der Waals surface area contributed by atoms with Crippen LogP contribution in [0.4, 0.5) is 0 Å². The highest BCUT2D eigenvalue weighted by atomic mass is 16.6. The smallest absolute Gasteiger partial charge is 0.313 e. The number of ether oxygens (including phenoxy) is 1. The van der Waals surface area contributed by atoms with Gasteiger partial charge in [0.15, 0.2) is 24.8 Å². The molecule has 0 aromatic carbocycles. The highest BCUT2D eigenvalue weighted by molar-refractivity contribution is 5.81. The Morgan fingerprint density at radius 1 is 0.780 bits per heavy atom. The summed E-state index contributed by atoms with van der Waals surface area (Å²) in [4.78, 5) is 48.8. The van der Waals surface area contributed by atoms with Crippen molar-refractivity contribution in [2.75, 3.05) is 0 Å². The molecule has 0 spiro atoms. The summed E-state index contributed by atoms with van der Waals surface area (Å²) in [5, 5.41) is 26.6. The molecule has 0 aromatic rings. The van der Waals surface area contributed by atoms with Crippen LogP contribution in [0, 0.1) is 17.3 Å². The van der Waals surface area contributed by atoms with Gasteiger partial charge in [0.05, 0.1) is 5.41 Å². The van der Waals surface area contributed by atoms with Crippen molar-refractivity contribution in [2.24, 2.45) is 17.3 Å². The molecule has 2 aliphatic rings. The summed E-state index contributed by atoms with van der Waals surface area (Å²) in [6.07, 6.45) is 4.85. The minimum atomic E-state index is -1.72. The van der Waals surface area contributed by atoms with Crippen LogP contribution in [0.15, 0.2) is 0 Å². The summed E-state index contributed by atoms with van der Waals surface area (Å²) in [5.41, 5.74) is -1.95. The molecule has 2 saturated heterocycles. The van der Waals surface area contributed by atoms with E-state index in [0.29, 0.717) is 19.1 Å². The second-order valence-electron chi connectivity index (χ2n) is 15.3. The van der Waals surface area contributed by atoms with Crippen molar-refractivity contribution in [3.8, 4) is 0 Å². The summed E-state index contributed by atoms with van der Waals surface area (Å²) >= 11 is 0. The largest absolute Gasteiger partial charge is 0.481 e. The Morgan fingerprint density at radius 3 is 1.59 bits per heavy atom. The number of carboxylic acids is 1. The van der Waals surface area contributed by atoms with Gasteiger partial charge in [-0.1, -0.05) is 25.7 Å². The van der Waals surface area contributed by atoms with E-state index in [9.17, 15) is 24.3 Å². The van der Waals surface area contributed by atoms with Crippen LogP contribution < -0.4 is 10.6 Å². The molecular weight excluding hydrogens is 524 g/mol. The average Bonchev–Trinajstić information content (AvgIpc) is 2.79. The third kappa shape index (κ3) is 9.85. The lowest BCUT2D eigenvalue weighted by atomic mass is 9.52. The average molecular weight is 581 g/mol. The van der Waals surface area contributed by atoms with Gasteiger partial charge >= 0.3 is 11.9 Å². The van der Waals surface area contributed by atoms with Gasteiger partial charge in [-0.3, -0.25) is 14.4 Å². The normalized spacial score (nSPS) is 23.7. The molecular formula is C32H56N2O7. The molecule has 0 amide bonds. The van der Waals surface area contributed by atoms with E-state index in [1.54, 1.807) is 0 Å². The molecule has 236 valence electrons. The minimum Gasteiger partial charge on any atom is -0.481 e. The minimum absolute atomic E-state index is 0.0661. The number of carbonyl (C=O) groups is 4. The van der Waals surface area contributed by atoms with Crippen LogP contribution in [0.25, 0.3) is 0 Å². The zero-order valence-electron chi connectivity index (χ0n) is 26.7. The number of nitrogens with one attached hydrogen (secondary N) is 2. The van der Waals surface area contributed by atoms with Gasteiger partial charge in [-0.25, -0.2) is 0 Å². The number of aliphatic hydroxyl groups excluding tert-OH is 1. The predicted octanol–water partition coefficient (Wildman–Crippen LogP) is 4.57. The van der Waals surface area contributed by atoms with Crippen LogP contribution in [0.2, 0.25) is 0 Å². The van der Waals surface area contributed by atoms with Crippen LogP contribution >= 0.6 is 0 Å². The fourth-order valence-electron chi connectivity index (χ4n) is 8.26. The van der Waals surface area contributed by atoms with Crippen LogP contribution in [0.1, 0.15) is 126 Å². The molecule has 2 aliphatic heterocycles. The third-order valence-corrected chi connectivity index (χ3v) is 9.05. The Labute approximate surface area is 246 Å². The standard InChI is InChI=1S/C32H56N2O7/c1-28(2)16-22(17-29(3,4)33-28)32(15-13-11-9-10-12-14-26(38)39,27(40)41-25(21-36)24(37)20-35)23-18-30(5,6)34-31(7,8)19-23/h20-25,33-34,37H,9-19H2,1-8H3,(H,38,39). The van der Waals surface area contributed by atoms with Gasteiger partial charge in [0.1, 0.15) is 0 Å². The van der Waals surface area contributed by atoms with E-state index in [1.807, 2.05) is 0 Å². The highest BCUT2D eigenvalue weighted by Gasteiger charge is 2.59. The Hall–Kier alpha value is -1.84. The first-order valence-electron chi connectivity index (χ1n) is 15.4. The molecule has 2 fully saturated rings. The van der Waals surface area contributed by atoms with E-state index in [-0.39, 0.29) is 46.7 Å². The molecule has 2 rings (SSSR count). The first kappa shape index (κ1) is 35.4. The first-order valence-corrected chi connectivity index (χ1v) is 15.4. The molecule has 9 nitrogen and oxygen atoms in total. The van der Waals surface area contributed by atoms with E-state index in [4.69, 9.17) is 9.84 Å². The number of aldehydes is 2. The molecule has 9 heteroatoms. The van der Waals surface area contributed by atoms with Crippen molar-refractivity contribution in [3.05, 3.63) is 0 Å². The number of hydrogen-bond donors (Lipinski definition) is 4. The number of hydrogen-bond acceptors (Lipinski definition) is 8. The molecule has 4 N–H and O–H groups in total. The van der Waals surface area contributed by atoms with Crippen molar-refractivity contribution < 1.29 is 34.1 Å². The van der Waals surface area contributed by atoms with Gasteiger partial charge in [0.25, 0.3) is 0 Å². The number of carbonyl (C=O) groups excluding carboxylic acids is 3. The van der Waals surface area contributed by atoms with Gasteiger partial charge in [-0.05, 0) is 106 Å². The van der Waals surface area contributed by atoms with Crippen LogP contribution in [0.3, 0.4) is 0 Å². The number of rotatable bonds is 15. The summed E-state index contributed by atoms with van der Waals surface area (Å²) in [6.45, 7) is 17.2. The van der Waals surface area contributed by atoms with E-state index < -0.39 is 29.6 Å². The van der Waals surface area contributed by atoms with Crippen LogP contribution in [0.5, 0.6) is 0 Å². The van der Waals surface area contributed by atoms with E-state index in [1.165, 1.54) is 0 Å². The zero-order chi connectivity index (χ0) is 31.3. The predicted molar refractivity (Wildman–Crippen MR) is 158 cm³/mol. The van der Waals surface area contributed by atoms with Crippen LogP contribution in [-0.4, -0.2) is 69.1 Å². The number of aliphatic carboxylic acids is 1. The summed E-state index contributed by atoms with van der Waals surface area (Å²) < 4.78 is 5.82. The highest BCUT2D eigenvalue weighted by Crippen LogP contribution is 2.56. The van der Waals surface area contributed by atoms with Crippen molar-refractivity contribution in [1.82, 2.24) is 10.6 Å². The fraction of sp³-hybridized carbons (Fsp3) is 0.875. The van der Waals surface area contributed by atoms with Gasteiger partial charge in [-0.15, -0.1) is 0 Å². The van der Waals surface area contributed by atoms with E-state index >= 15 is 0 Å². The topological polar surface area (TPSA) is 142 Å². The number of carboxylic acid groups (broad SMARTS) is 1. The van der Waals surface area contributed by atoms with Gasteiger partial charge in [0, 0.05) is 28.6 Å². The summed E-state index contributed by atoms with van der Waals surface area (Å²) in [6, 6.07) is 0. The number of aliphatic hydroxyl groups is 1. The maximum atomic E-state index is 14.6. The molecule has 0 aromatic heterocycles. The monoisotopic (exact) mass is 580 g/mol. The molecule has 0 aliphatic carbocycles. The summed E-state index contributed by atoms with van der Waals surface area (Å²) in [5.74, 6) is -1.42. The summed E-state index contributed by atoms with van der Waals surface area (Å²) in [7, 11) is 0. The number of unbranched alkanes of at least 4 members (excludes halogenated alkanes) is 4. The van der Waals surface area contributed by atoms with Gasteiger partial charge in [0.2, 0.25) is 0 Å². The molecule has 0 bridgehead atoms. The number of esters is 1. The second-order valence-corrected chi connectivity index (χ2v) is 15.3. The zero-order valence-corrected chi connectivity index (χ0v) is 26.7. The molecule has 2 unspecified atom stereocenters. The van der Waals surface area contributed by atoms with Crippen molar-refractivity contribution in [1.29, 1.82) is 0 Å². The maximum absolute atomic E-state index is 14.6. The van der Waals surface area contributed by atoms with Crippen molar-refractivity contribution in [2.45, 2.75) is 160 Å². The van der Waals surface area contributed by atoms with Gasteiger partial charge in [-0.2, -0.15) is 0 Å². The lowest BCUT2D eigenvalue weighted by Gasteiger charge is -2.58. The van der Waals surface area contributed by atoms with Crippen molar-refractivity contribution >= 4 is 24.5 Å². The molecule has 41 heavy (non-hydrogen) atoms. The Balaban J connectivity index is 2.58. The third-order valence-electron chi connectivity index (χ3n) is 9.05. The van der Waals surface area contributed by atoms with Crippen LogP contribution in [-0.2, 0) is 23.9 Å².